The average molecular weight is 398 g/mol. The van der Waals surface area contributed by atoms with Gasteiger partial charge in [-0.15, -0.1) is 0 Å². The summed E-state index contributed by atoms with van der Waals surface area (Å²) in [6.45, 7) is 3.39. The number of amides is 1. The van der Waals surface area contributed by atoms with Gasteiger partial charge in [-0.25, -0.2) is 9.50 Å². The summed E-state index contributed by atoms with van der Waals surface area (Å²) < 4.78 is 6.76. The molecule has 1 aliphatic rings. The highest BCUT2D eigenvalue weighted by molar-refractivity contribution is 5.81. The van der Waals surface area contributed by atoms with Crippen molar-refractivity contribution in [3.8, 4) is 6.07 Å². The number of ether oxygens (including phenoxy) is 1. The van der Waals surface area contributed by atoms with Crippen LogP contribution in [0.25, 0.3) is 5.78 Å². The molecule has 0 atom stereocenters. The number of nitriles is 1. The number of hydrogen-bond acceptors (Lipinski definition) is 7. The smallest absolute Gasteiger partial charge is 0.306 e. The average Bonchev–Trinajstić information content (AvgIpc) is 3.04. The first-order valence-corrected chi connectivity index (χ1v) is 9.98. The fraction of sp³-hybridized carbons (Fsp3) is 0.600. The molecule has 9 heteroatoms. The van der Waals surface area contributed by atoms with E-state index in [9.17, 15) is 14.9 Å². The van der Waals surface area contributed by atoms with E-state index in [4.69, 9.17) is 4.74 Å². The predicted molar refractivity (Wildman–Crippen MR) is 104 cm³/mol. The van der Waals surface area contributed by atoms with E-state index in [0.29, 0.717) is 25.0 Å². The number of fused-ring (bicyclic) bond motifs is 1. The standard InChI is InChI=1S/C20H26N6O3/c1-14-16(15(2)26-19(24-14)22-13-23-26)7-8-18(28)29-11-17(27)25-20(12-21)9-5-3-4-6-10-20/h13H,3-11H2,1-2H3,(H,25,27). The Morgan fingerprint density at radius 1 is 1.28 bits per heavy atom. The van der Waals surface area contributed by atoms with Crippen molar-refractivity contribution in [2.45, 2.75) is 70.8 Å². The number of carbonyl (C=O) groups excluding carboxylic acids is 2. The predicted octanol–water partition coefficient (Wildman–Crippen LogP) is 1.95. The van der Waals surface area contributed by atoms with E-state index in [1.54, 1.807) is 4.52 Å². The van der Waals surface area contributed by atoms with Crippen molar-refractivity contribution in [2.24, 2.45) is 0 Å². The molecule has 1 saturated carbocycles. The molecule has 1 fully saturated rings. The molecular weight excluding hydrogens is 372 g/mol. The van der Waals surface area contributed by atoms with Gasteiger partial charge in [0.2, 0.25) is 0 Å². The molecule has 1 amide bonds. The van der Waals surface area contributed by atoms with Crippen molar-refractivity contribution in [1.29, 1.82) is 5.26 Å². The van der Waals surface area contributed by atoms with E-state index in [2.05, 4.69) is 26.5 Å². The lowest BCUT2D eigenvalue weighted by Gasteiger charge is -2.26. The summed E-state index contributed by atoms with van der Waals surface area (Å²) in [7, 11) is 0. The Morgan fingerprint density at radius 3 is 2.69 bits per heavy atom. The number of nitrogens with one attached hydrogen (secondary N) is 1. The van der Waals surface area contributed by atoms with Crippen molar-refractivity contribution in [2.75, 3.05) is 6.61 Å². The minimum absolute atomic E-state index is 0.125. The van der Waals surface area contributed by atoms with Gasteiger partial charge in [0.05, 0.1) is 6.07 Å². The zero-order valence-electron chi connectivity index (χ0n) is 16.9. The Balaban J connectivity index is 1.51. The van der Waals surface area contributed by atoms with Crippen LogP contribution in [0, 0.1) is 25.2 Å². The van der Waals surface area contributed by atoms with Crippen LogP contribution in [-0.4, -0.2) is 43.6 Å². The first-order chi connectivity index (χ1) is 13.9. The minimum Gasteiger partial charge on any atom is -0.456 e. The molecule has 0 aromatic carbocycles. The molecule has 1 aliphatic carbocycles. The van der Waals surface area contributed by atoms with Gasteiger partial charge >= 0.3 is 5.97 Å². The summed E-state index contributed by atoms with van der Waals surface area (Å²) >= 11 is 0. The highest BCUT2D eigenvalue weighted by Gasteiger charge is 2.32. The summed E-state index contributed by atoms with van der Waals surface area (Å²) in [6.07, 6.45) is 7.24. The number of rotatable bonds is 6. The largest absolute Gasteiger partial charge is 0.456 e. The van der Waals surface area contributed by atoms with Gasteiger partial charge in [0.15, 0.2) is 6.61 Å². The van der Waals surface area contributed by atoms with E-state index >= 15 is 0 Å². The molecular formula is C20H26N6O3. The molecule has 0 spiro atoms. The molecule has 0 bridgehead atoms. The Kier molecular flexibility index (Phi) is 6.42. The first kappa shape index (κ1) is 20.7. The maximum absolute atomic E-state index is 12.2. The molecule has 0 saturated heterocycles. The second kappa shape index (κ2) is 8.99. The molecule has 1 N–H and O–H groups in total. The summed E-state index contributed by atoms with van der Waals surface area (Å²) in [6, 6.07) is 2.25. The zero-order chi connectivity index (χ0) is 20.9. The SMILES string of the molecule is Cc1nc2ncnn2c(C)c1CCC(=O)OCC(=O)NC1(C#N)CCCCCC1. The summed E-state index contributed by atoms with van der Waals surface area (Å²) in [4.78, 5) is 32.8. The van der Waals surface area contributed by atoms with Gasteiger partial charge in [0.25, 0.3) is 11.7 Å². The molecule has 2 aromatic heterocycles. The fourth-order valence-electron chi connectivity index (χ4n) is 3.86. The summed E-state index contributed by atoms with van der Waals surface area (Å²) in [5.74, 6) is -0.377. The van der Waals surface area contributed by atoms with Gasteiger partial charge in [-0.05, 0) is 38.7 Å². The second-order valence-corrected chi connectivity index (χ2v) is 7.55. The molecule has 2 aromatic rings. The number of hydrogen-bond donors (Lipinski definition) is 1. The first-order valence-electron chi connectivity index (χ1n) is 9.98. The van der Waals surface area contributed by atoms with Crippen molar-refractivity contribution in [1.82, 2.24) is 24.9 Å². The number of carbonyl (C=O) groups is 2. The molecule has 0 unspecified atom stereocenters. The monoisotopic (exact) mass is 398 g/mol. The third-order valence-corrected chi connectivity index (χ3v) is 5.48. The third-order valence-electron chi connectivity index (χ3n) is 5.48. The van der Waals surface area contributed by atoms with Crippen LogP contribution in [-0.2, 0) is 20.7 Å². The molecule has 29 heavy (non-hydrogen) atoms. The number of esters is 1. The van der Waals surface area contributed by atoms with Crippen LogP contribution in [0.15, 0.2) is 6.33 Å². The van der Waals surface area contributed by atoms with Crippen LogP contribution in [0.1, 0.15) is 61.9 Å². The Bertz CT molecular complexity index is 938. The number of nitrogens with zero attached hydrogens (tertiary/aromatic N) is 5. The molecule has 0 radical (unpaired) electrons. The Hall–Kier alpha value is -3.02. The van der Waals surface area contributed by atoms with Crippen molar-refractivity contribution >= 4 is 17.7 Å². The molecule has 9 nitrogen and oxygen atoms in total. The van der Waals surface area contributed by atoms with Gasteiger partial charge in [-0.2, -0.15) is 15.3 Å². The lowest BCUT2D eigenvalue weighted by molar-refractivity contribution is -0.148. The quantitative estimate of drug-likeness (QED) is 0.583. The lowest BCUT2D eigenvalue weighted by atomic mass is 9.92. The molecule has 154 valence electrons. The lowest BCUT2D eigenvalue weighted by Crippen LogP contribution is -2.48. The Labute approximate surface area is 169 Å². The third kappa shape index (κ3) is 4.88. The second-order valence-electron chi connectivity index (χ2n) is 7.55. The zero-order valence-corrected chi connectivity index (χ0v) is 16.9. The van der Waals surface area contributed by atoms with Gasteiger partial charge in [-0.1, -0.05) is 25.7 Å². The number of aryl methyl sites for hydroxylation is 2. The topological polar surface area (TPSA) is 122 Å². The van der Waals surface area contributed by atoms with Crippen molar-refractivity contribution < 1.29 is 14.3 Å². The maximum atomic E-state index is 12.2. The van der Waals surface area contributed by atoms with Crippen molar-refractivity contribution in [3.05, 3.63) is 23.3 Å². The van der Waals surface area contributed by atoms with E-state index in [1.807, 2.05) is 13.8 Å². The van der Waals surface area contributed by atoms with E-state index in [-0.39, 0.29) is 13.0 Å². The van der Waals surface area contributed by atoms with E-state index < -0.39 is 17.4 Å². The van der Waals surface area contributed by atoms with Crippen LogP contribution in [0.3, 0.4) is 0 Å². The van der Waals surface area contributed by atoms with Crippen LogP contribution >= 0.6 is 0 Å². The van der Waals surface area contributed by atoms with E-state index in [0.717, 1.165) is 42.6 Å². The van der Waals surface area contributed by atoms with Crippen LogP contribution < -0.4 is 5.32 Å². The van der Waals surface area contributed by atoms with Crippen LogP contribution in [0.5, 0.6) is 0 Å². The highest BCUT2D eigenvalue weighted by Crippen LogP contribution is 2.26. The van der Waals surface area contributed by atoms with Gasteiger partial charge in [0.1, 0.15) is 11.9 Å². The summed E-state index contributed by atoms with van der Waals surface area (Å²) in [5, 5.41) is 16.4. The van der Waals surface area contributed by atoms with Crippen molar-refractivity contribution in [3.63, 3.8) is 0 Å². The number of aromatic nitrogens is 4. The van der Waals surface area contributed by atoms with Gasteiger partial charge in [-0.3, -0.25) is 9.59 Å². The maximum Gasteiger partial charge on any atom is 0.306 e. The van der Waals surface area contributed by atoms with Gasteiger partial charge < -0.3 is 10.1 Å². The summed E-state index contributed by atoms with van der Waals surface area (Å²) in [5.41, 5.74) is 1.73. The fourth-order valence-corrected chi connectivity index (χ4v) is 3.86. The van der Waals surface area contributed by atoms with E-state index in [1.165, 1.54) is 6.33 Å². The molecule has 3 rings (SSSR count). The molecule has 2 heterocycles. The van der Waals surface area contributed by atoms with Crippen LogP contribution in [0.4, 0.5) is 0 Å². The van der Waals surface area contributed by atoms with Gasteiger partial charge in [0, 0.05) is 17.8 Å². The van der Waals surface area contributed by atoms with Crippen LogP contribution in [0.2, 0.25) is 0 Å². The minimum atomic E-state index is -0.840. The highest BCUT2D eigenvalue weighted by atomic mass is 16.5. The Morgan fingerprint density at radius 2 is 2.00 bits per heavy atom. The normalized spacial score (nSPS) is 16.0. The molecule has 0 aliphatic heterocycles.